The van der Waals surface area contributed by atoms with Gasteiger partial charge in [0.05, 0.1) is 24.1 Å². The van der Waals surface area contributed by atoms with Gasteiger partial charge in [0, 0.05) is 17.3 Å². The average molecular weight is 625 g/mol. The lowest BCUT2D eigenvalue weighted by atomic mass is 9.63. The molecule has 10 nitrogen and oxygen atoms in total. The van der Waals surface area contributed by atoms with E-state index in [-0.39, 0.29) is 4.47 Å². The molecule has 1 aromatic heterocycles. The number of H-pyrrole nitrogens is 1. The number of hydrogen-bond donors (Lipinski definition) is 4. The molecule has 4 aromatic rings. The second-order valence-corrected chi connectivity index (χ2v) is 10.5. The minimum atomic E-state index is -1.64. The van der Waals surface area contributed by atoms with Crippen LogP contribution in [-0.2, 0) is 10.2 Å². The van der Waals surface area contributed by atoms with E-state index >= 15 is 0 Å². The lowest BCUT2D eigenvalue weighted by Gasteiger charge is -2.43. The van der Waals surface area contributed by atoms with Gasteiger partial charge in [0.2, 0.25) is 0 Å². The van der Waals surface area contributed by atoms with E-state index in [0.29, 0.717) is 28.2 Å². The quantitative estimate of drug-likeness (QED) is 0.219. The number of hydrogen-bond acceptors (Lipinski definition) is 8. The van der Waals surface area contributed by atoms with Gasteiger partial charge < -0.3 is 29.5 Å². The molecule has 1 saturated heterocycles. The van der Waals surface area contributed by atoms with E-state index < -0.39 is 47.3 Å². The number of aromatic amines is 1. The van der Waals surface area contributed by atoms with Crippen molar-refractivity contribution in [3.63, 3.8) is 0 Å². The van der Waals surface area contributed by atoms with Crippen LogP contribution in [0.15, 0.2) is 99.1 Å². The summed E-state index contributed by atoms with van der Waals surface area (Å²) in [6.45, 7) is 0. The molecule has 0 spiro atoms. The van der Waals surface area contributed by atoms with Crippen molar-refractivity contribution in [2.45, 2.75) is 36.1 Å². The zero-order valence-electron chi connectivity index (χ0n) is 22.2. The van der Waals surface area contributed by atoms with Crippen molar-refractivity contribution in [1.82, 2.24) is 9.55 Å². The minimum Gasteiger partial charge on any atom is -0.496 e. The van der Waals surface area contributed by atoms with Crippen molar-refractivity contribution in [2.24, 2.45) is 0 Å². The summed E-state index contributed by atoms with van der Waals surface area (Å²) in [6.07, 6.45) is -6.53. The van der Waals surface area contributed by atoms with Crippen LogP contribution < -0.4 is 20.7 Å². The molecule has 3 aromatic carbocycles. The summed E-state index contributed by atoms with van der Waals surface area (Å²) in [5, 5.41) is 34.9. The first-order chi connectivity index (χ1) is 19.7. The Labute approximate surface area is 243 Å². The second kappa shape index (κ2) is 11.6. The maximum atomic E-state index is 12.7. The summed E-state index contributed by atoms with van der Waals surface area (Å²) in [5.74, 6) is 0.901. The number of nitrogens with one attached hydrogen (secondary N) is 1. The average Bonchev–Trinajstić information content (AvgIpc) is 3.29. The number of aliphatic hydroxyl groups is 3. The van der Waals surface area contributed by atoms with Crippen molar-refractivity contribution in [2.75, 3.05) is 14.2 Å². The molecule has 5 rings (SSSR count). The number of nitrogens with zero attached hydrogens (tertiary/aromatic N) is 1. The van der Waals surface area contributed by atoms with E-state index in [1.54, 1.807) is 48.5 Å². The third-order valence-electron chi connectivity index (χ3n) is 7.52. The Morgan fingerprint density at radius 3 is 1.98 bits per heavy atom. The first kappa shape index (κ1) is 28.8. The zero-order valence-corrected chi connectivity index (χ0v) is 23.8. The predicted molar refractivity (Wildman–Crippen MR) is 153 cm³/mol. The van der Waals surface area contributed by atoms with Gasteiger partial charge in [-0.05, 0) is 33.6 Å². The first-order valence-corrected chi connectivity index (χ1v) is 13.6. The lowest BCUT2D eigenvalue weighted by molar-refractivity contribution is -0.0996. The van der Waals surface area contributed by atoms with E-state index in [4.69, 9.17) is 14.2 Å². The monoisotopic (exact) mass is 624 g/mol. The molecule has 41 heavy (non-hydrogen) atoms. The van der Waals surface area contributed by atoms with Crippen LogP contribution in [0.2, 0.25) is 0 Å². The lowest BCUT2D eigenvalue weighted by Crippen LogP contribution is -2.52. The van der Waals surface area contributed by atoms with Crippen molar-refractivity contribution in [1.29, 1.82) is 0 Å². The van der Waals surface area contributed by atoms with Gasteiger partial charge in [-0.3, -0.25) is 14.3 Å². The van der Waals surface area contributed by atoms with Crippen molar-refractivity contribution in [3.8, 4) is 11.5 Å². The molecule has 0 bridgehead atoms. The number of methoxy groups -OCH3 is 2. The van der Waals surface area contributed by atoms with Crippen molar-refractivity contribution >= 4 is 15.9 Å². The molecule has 0 saturated carbocycles. The Kier molecular flexibility index (Phi) is 8.16. The standard InChI is InChI=1S/C30H29BrN2O8/c1-39-21-14-8-6-12-18(21)30(17-10-4-3-5-11-17,19-13-7-9-15-22(19)40-2)26(36)25-23(34)24(35)28(41-25)33-16-20(31)27(37)32-29(33)38/h3-16,23-26,28,34-36H,1-2H3,(H,32,37,38)/t23-,24+,25-,26?,28+/m0/s1. The third-order valence-corrected chi connectivity index (χ3v) is 8.09. The van der Waals surface area contributed by atoms with E-state index in [1.807, 2.05) is 30.3 Å². The molecular weight excluding hydrogens is 596 g/mol. The van der Waals surface area contributed by atoms with Gasteiger partial charge in [-0.25, -0.2) is 4.79 Å². The highest BCUT2D eigenvalue weighted by atomic mass is 79.9. The number of aromatic nitrogens is 2. The molecule has 0 amide bonds. The maximum absolute atomic E-state index is 12.7. The van der Waals surface area contributed by atoms with E-state index in [0.717, 1.165) is 4.57 Å². The molecule has 2 heterocycles. The smallest absolute Gasteiger partial charge is 0.330 e. The Morgan fingerprint density at radius 1 is 0.878 bits per heavy atom. The number of halogens is 1. The van der Waals surface area contributed by atoms with Gasteiger partial charge >= 0.3 is 5.69 Å². The van der Waals surface area contributed by atoms with Crippen molar-refractivity contribution < 1.29 is 29.5 Å². The maximum Gasteiger partial charge on any atom is 0.330 e. The fourth-order valence-corrected chi connectivity index (χ4v) is 5.98. The topological polar surface area (TPSA) is 143 Å². The second-order valence-electron chi connectivity index (χ2n) is 9.64. The van der Waals surface area contributed by atoms with Gasteiger partial charge in [-0.2, -0.15) is 0 Å². The molecule has 0 aliphatic carbocycles. The van der Waals surface area contributed by atoms with Gasteiger partial charge in [0.1, 0.15) is 35.9 Å². The molecule has 1 unspecified atom stereocenters. The molecule has 11 heteroatoms. The van der Waals surface area contributed by atoms with Crippen LogP contribution in [0, 0.1) is 0 Å². The van der Waals surface area contributed by atoms with Crippen LogP contribution in [0.25, 0.3) is 0 Å². The van der Waals surface area contributed by atoms with Gasteiger partial charge in [0.15, 0.2) is 6.23 Å². The number of aliphatic hydroxyl groups excluding tert-OH is 3. The summed E-state index contributed by atoms with van der Waals surface area (Å²) < 4.78 is 18.6. The van der Waals surface area contributed by atoms with Crippen LogP contribution in [-0.4, -0.2) is 63.5 Å². The Balaban J connectivity index is 1.77. The number of rotatable bonds is 8. The highest BCUT2D eigenvalue weighted by Crippen LogP contribution is 2.51. The summed E-state index contributed by atoms with van der Waals surface area (Å²) in [5.41, 5.74) is -1.28. The van der Waals surface area contributed by atoms with Crippen LogP contribution >= 0.6 is 15.9 Å². The predicted octanol–water partition coefficient (Wildman–Crippen LogP) is 2.33. The summed E-state index contributed by atoms with van der Waals surface area (Å²) >= 11 is 3.08. The number of para-hydroxylation sites is 2. The van der Waals surface area contributed by atoms with Gasteiger partial charge in [0.25, 0.3) is 5.56 Å². The highest BCUT2D eigenvalue weighted by molar-refractivity contribution is 9.10. The Morgan fingerprint density at radius 2 is 1.41 bits per heavy atom. The van der Waals surface area contributed by atoms with Gasteiger partial charge in [-0.1, -0.05) is 66.7 Å². The molecule has 1 aliphatic rings. The summed E-state index contributed by atoms with van der Waals surface area (Å²) in [6, 6.07) is 23.5. The first-order valence-electron chi connectivity index (χ1n) is 12.8. The summed E-state index contributed by atoms with van der Waals surface area (Å²) in [7, 11) is 3.04. The minimum absolute atomic E-state index is 0.0214. The molecular formula is C30H29BrN2O8. The van der Waals surface area contributed by atoms with E-state index in [2.05, 4.69) is 20.9 Å². The highest BCUT2D eigenvalue weighted by Gasteiger charge is 2.56. The van der Waals surface area contributed by atoms with Crippen LogP contribution in [0.5, 0.6) is 11.5 Å². The van der Waals surface area contributed by atoms with Crippen molar-refractivity contribution in [3.05, 3.63) is 127 Å². The van der Waals surface area contributed by atoms with E-state index in [1.165, 1.54) is 20.4 Å². The Hall–Kier alpha value is -3.74. The molecule has 1 fully saturated rings. The molecule has 1 aliphatic heterocycles. The SMILES string of the molecule is COc1ccccc1C(c1ccccc1)(c1ccccc1OC)C(O)[C@H]1O[C@@H](n2cc(Br)c(=O)[nH]c2=O)[C@H](O)[C@@H]1O. The fourth-order valence-electron chi connectivity index (χ4n) is 5.66. The van der Waals surface area contributed by atoms with E-state index in [9.17, 15) is 24.9 Å². The molecule has 0 radical (unpaired) electrons. The van der Waals surface area contributed by atoms with Gasteiger partial charge in [-0.15, -0.1) is 0 Å². The third kappa shape index (κ3) is 4.79. The normalized spacial score (nSPS) is 21.4. The van der Waals surface area contributed by atoms with Crippen LogP contribution in [0.3, 0.4) is 0 Å². The van der Waals surface area contributed by atoms with Crippen LogP contribution in [0.4, 0.5) is 0 Å². The molecule has 4 N–H and O–H groups in total. The number of ether oxygens (including phenoxy) is 3. The fraction of sp³-hybridized carbons (Fsp3) is 0.267. The zero-order chi connectivity index (χ0) is 29.3. The number of benzene rings is 3. The molecule has 5 atom stereocenters. The van der Waals surface area contributed by atoms with Crippen LogP contribution in [0.1, 0.15) is 22.9 Å². The summed E-state index contributed by atoms with van der Waals surface area (Å²) in [4.78, 5) is 26.7. The largest absolute Gasteiger partial charge is 0.496 e. The molecule has 214 valence electrons. The Bertz CT molecular complexity index is 1590.